The molecule has 2 rings (SSSR count). The van der Waals surface area contributed by atoms with E-state index in [1.165, 1.54) is 7.11 Å². The second-order valence-corrected chi connectivity index (χ2v) is 4.52. The SMILES string of the molecule is COC(=O)c1nnn(C(C)C)c1-c1ccccc1OC. The molecule has 6 heteroatoms. The predicted molar refractivity (Wildman–Crippen MR) is 73.7 cm³/mol. The summed E-state index contributed by atoms with van der Waals surface area (Å²) in [5.74, 6) is 0.139. The van der Waals surface area contributed by atoms with Crippen LogP contribution in [0.5, 0.6) is 5.75 Å². The van der Waals surface area contributed by atoms with Crippen LogP contribution in [0, 0.1) is 0 Å². The Hall–Kier alpha value is -2.37. The number of carbonyl (C=O) groups excluding carboxylic acids is 1. The highest BCUT2D eigenvalue weighted by atomic mass is 16.5. The summed E-state index contributed by atoms with van der Waals surface area (Å²) in [5, 5.41) is 7.99. The average molecular weight is 275 g/mol. The van der Waals surface area contributed by atoms with Gasteiger partial charge in [-0.1, -0.05) is 17.3 Å². The van der Waals surface area contributed by atoms with Crippen LogP contribution in [-0.4, -0.2) is 35.2 Å². The summed E-state index contributed by atoms with van der Waals surface area (Å²) in [6, 6.07) is 7.48. The molecule has 2 aromatic rings. The topological polar surface area (TPSA) is 66.2 Å². The molecule has 0 amide bonds. The monoisotopic (exact) mass is 275 g/mol. The Morgan fingerprint density at radius 1 is 1.25 bits per heavy atom. The Bertz CT molecular complexity index is 620. The molecule has 0 radical (unpaired) electrons. The zero-order valence-electron chi connectivity index (χ0n) is 12.0. The molecule has 1 aromatic heterocycles. The Balaban J connectivity index is 2.70. The second-order valence-electron chi connectivity index (χ2n) is 4.52. The number of nitrogens with zero attached hydrogens (tertiary/aromatic N) is 3. The quantitative estimate of drug-likeness (QED) is 0.801. The minimum absolute atomic E-state index is 0.0563. The molecule has 20 heavy (non-hydrogen) atoms. The predicted octanol–water partition coefficient (Wildman–Crippen LogP) is 2.32. The van der Waals surface area contributed by atoms with Gasteiger partial charge in [0.05, 0.1) is 14.2 Å². The van der Waals surface area contributed by atoms with Crippen LogP contribution in [0.4, 0.5) is 0 Å². The first kappa shape index (κ1) is 14.0. The summed E-state index contributed by atoms with van der Waals surface area (Å²) >= 11 is 0. The van der Waals surface area contributed by atoms with Crippen LogP contribution in [0.1, 0.15) is 30.4 Å². The number of hydrogen-bond acceptors (Lipinski definition) is 5. The van der Waals surface area contributed by atoms with Gasteiger partial charge in [0.1, 0.15) is 11.4 Å². The van der Waals surface area contributed by atoms with Crippen molar-refractivity contribution in [3.05, 3.63) is 30.0 Å². The number of aromatic nitrogens is 3. The number of ether oxygens (including phenoxy) is 2. The van der Waals surface area contributed by atoms with Gasteiger partial charge in [0, 0.05) is 11.6 Å². The number of hydrogen-bond donors (Lipinski definition) is 0. The van der Waals surface area contributed by atoms with E-state index >= 15 is 0 Å². The van der Waals surface area contributed by atoms with E-state index in [1.54, 1.807) is 11.8 Å². The molecular formula is C14H17N3O3. The standard InChI is InChI=1S/C14H17N3O3/c1-9(2)17-13(12(15-16-17)14(18)20-4)10-7-5-6-8-11(10)19-3/h5-9H,1-4H3. The Kier molecular flexibility index (Phi) is 4.02. The second kappa shape index (κ2) is 5.73. The van der Waals surface area contributed by atoms with E-state index < -0.39 is 5.97 Å². The van der Waals surface area contributed by atoms with Crippen LogP contribution < -0.4 is 4.74 Å². The van der Waals surface area contributed by atoms with Crippen molar-refractivity contribution in [1.82, 2.24) is 15.0 Å². The van der Waals surface area contributed by atoms with Gasteiger partial charge in [0.2, 0.25) is 0 Å². The lowest BCUT2D eigenvalue weighted by Gasteiger charge is -2.13. The molecule has 0 aliphatic rings. The normalized spacial score (nSPS) is 10.7. The van der Waals surface area contributed by atoms with Crippen molar-refractivity contribution < 1.29 is 14.3 Å². The fourth-order valence-electron chi connectivity index (χ4n) is 1.98. The summed E-state index contributed by atoms with van der Waals surface area (Å²) in [4.78, 5) is 11.9. The molecule has 1 heterocycles. The molecule has 0 N–H and O–H groups in total. The third-order valence-electron chi connectivity index (χ3n) is 2.92. The highest BCUT2D eigenvalue weighted by molar-refractivity contribution is 5.94. The molecule has 0 saturated carbocycles. The van der Waals surface area contributed by atoms with Crippen molar-refractivity contribution >= 4 is 5.97 Å². The number of benzene rings is 1. The van der Waals surface area contributed by atoms with Gasteiger partial charge in [-0.05, 0) is 26.0 Å². The number of esters is 1. The molecule has 0 atom stereocenters. The fraction of sp³-hybridized carbons (Fsp3) is 0.357. The molecule has 0 fully saturated rings. The van der Waals surface area contributed by atoms with Crippen molar-refractivity contribution in [2.24, 2.45) is 0 Å². The summed E-state index contributed by atoms with van der Waals surface area (Å²) in [6.45, 7) is 3.93. The lowest BCUT2D eigenvalue weighted by Crippen LogP contribution is -2.08. The first-order valence-corrected chi connectivity index (χ1v) is 6.27. The Morgan fingerprint density at radius 2 is 1.95 bits per heavy atom. The van der Waals surface area contributed by atoms with Crippen LogP contribution >= 0.6 is 0 Å². The molecule has 0 bridgehead atoms. The molecular weight excluding hydrogens is 258 g/mol. The van der Waals surface area contributed by atoms with Gasteiger partial charge in [-0.2, -0.15) is 0 Å². The van der Waals surface area contributed by atoms with E-state index in [9.17, 15) is 4.79 Å². The summed E-state index contributed by atoms with van der Waals surface area (Å²) in [7, 11) is 2.91. The maximum Gasteiger partial charge on any atom is 0.360 e. The highest BCUT2D eigenvalue weighted by Gasteiger charge is 2.24. The van der Waals surface area contributed by atoms with Gasteiger partial charge >= 0.3 is 5.97 Å². The van der Waals surface area contributed by atoms with E-state index in [2.05, 4.69) is 10.3 Å². The lowest BCUT2D eigenvalue weighted by molar-refractivity contribution is 0.0595. The van der Waals surface area contributed by atoms with Crippen molar-refractivity contribution in [3.8, 4) is 17.0 Å². The maximum atomic E-state index is 11.9. The van der Waals surface area contributed by atoms with Crippen LogP contribution in [-0.2, 0) is 4.74 Å². The molecule has 0 spiro atoms. The zero-order chi connectivity index (χ0) is 14.7. The Labute approximate surface area is 117 Å². The minimum atomic E-state index is -0.516. The van der Waals surface area contributed by atoms with Gasteiger partial charge in [-0.3, -0.25) is 0 Å². The van der Waals surface area contributed by atoms with Gasteiger partial charge in [0.15, 0.2) is 5.69 Å². The summed E-state index contributed by atoms with van der Waals surface area (Å²) < 4.78 is 11.8. The summed E-state index contributed by atoms with van der Waals surface area (Å²) in [5.41, 5.74) is 1.55. The molecule has 1 aromatic carbocycles. The number of carbonyl (C=O) groups is 1. The summed E-state index contributed by atoms with van der Waals surface area (Å²) in [6.07, 6.45) is 0. The average Bonchev–Trinajstić information content (AvgIpc) is 2.91. The van der Waals surface area contributed by atoms with Gasteiger partial charge in [-0.25, -0.2) is 9.48 Å². The third kappa shape index (κ3) is 2.36. The Morgan fingerprint density at radius 3 is 2.55 bits per heavy atom. The molecule has 106 valence electrons. The van der Waals surface area contributed by atoms with Crippen molar-refractivity contribution in [2.45, 2.75) is 19.9 Å². The number of rotatable bonds is 4. The van der Waals surface area contributed by atoms with Crippen molar-refractivity contribution in [1.29, 1.82) is 0 Å². The van der Waals surface area contributed by atoms with Crippen LogP contribution in [0.2, 0.25) is 0 Å². The molecule has 0 unspecified atom stereocenters. The van der Waals surface area contributed by atoms with Gasteiger partial charge < -0.3 is 9.47 Å². The van der Waals surface area contributed by atoms with Gasteiger partial charge in [-0.15, -0.1) is 5.10 Å². The zero-order valence-corrected chi connectivity index (χ0v) is 12.0. The van der Waals surface area contributed by atoms with Crippen molar-refractivity contribution in [3.63, 3.8) is 0 Å². The first-order valence-electron chi connectivity index (χ1n) is 6.27. The fourth-order valence-corrected chi connectivity index (χ4v) is 1.98. The molecule has 0 aliphatic heterocycles. The van der Waals surface area contributed by atoms with Crippen LogP contribution in [0.3, 0.4) is 0 Å². The van der Waals surface area contributed by atoms with E-state index in [-0.39, 0.29) is 11.7 Å². The van der Waals surface area contributed by atoms with Gasteiger partial charge in [0.25, 0.3) is 0 Å². The van der Waals surface area contributed by atoms with Crippen LogP contribution in [0.25, 0.3) is 11.3 Å². The maximum absolute atomic E-state index is 11.9. The van der Waals surface area contributed by atoms with E-state index in [4.69, 9.17) is 9.47 Å². The molecule has 6 nitrogen and oxygen atoms in total. The highest BCUT2D eigenvalue weighted by Crippen LogP contribution is 2.32. The largest absolute Gasteiger partial charge is 0.496 e. The van der Waals surface area contributed by atoms with E-state index in [1.807, 2.05) is 38.1 Å². The lowest BCUT2D eigenvalue weighted by atomic mass is 10.1. The van der Waals surface area contributed by atoms with E-state index in [0.29, 0.717) is 11.4 Å². The number of methoxy groups -OCH3 is 2. The number of para-hydroxylation sites is 1. The van der Waals surface area contributed by atoms with E-state index in [0.717, 1.165) is 5.56 Å². The minimum Gasteiger partial charge on any atom is -0.496 e. The smallest absolute Gasteiger partial charge is 0.360 e. The molecule has 0 saturated heterocycles. The van der Waals surface area contributed by atoms with Crippen LogP contribution in [0.15, 0.2) is 24.3 Å². The van der Waals surface area contributed by atoms with Crippen molar-refractivity contribution in [2.75, 3.05) is 14.2 Å². The third-order valence-corrected chi connectivity index (χ3v) is 2.92. The first-order chi connectivity index (χ1) is 9.60. The molecule has 0 aliphatic carbocycles.